The summed E-state index contributed by atoms with van der Waals surface area (Å²) in [4.78, 5) is 12.3. The summed E-state index contributed by atoms with van der Waals surface area (Å²) in [6.45, 7) is 3.75. The molecule has 0 aliphatic carbocycles. The molecule has 0 bridgehead atoms. The molecule has 0 radical (unpaired) electrons. The number of methoxy groups -OCH3 is 2. The van der Waals surface area contributed by atoms with Crippen molar-refractivity contribution in [2.24, 2.45) is 0 Å². The number of aromatic nitrogens is 2. The summed E-state index contributed by atoms with van der Waals surface area (Å²) >= 11 is 0. The van der Waals surface area contributed by atoms with Crippen molar-refractivity contribution in [1.82, 2.24) is 14.9 Å². The first-order valence-electron chi connectivity index (χ1n) is 10.1. The third-order valence-electron chi connectivity index (χ3n) is 5.86. The van der Waals surface area contributed by atoms with Crippen LogP contribution in [-0.4, -0.2) is 68.5 Å². The van der Waals surface area contributed by atoms with E-state index in [0.717, 1.165) is 74.5 Å². The predicted molar refractivity (Wildman–Crippen MR) is 110 cm³/mol. The lowest BCUT2D eigenvalue weighted by molar-refractivity contribution is 0.0837. The van der Waals surface area contributed by atoms with Crippen molar-refractivity contribution in [3.05, 3.63) is 18.0 Å². The normalized spacial score (nSPS) is 19.7. The maximum atomic E-state index is 5.52. The van der Waals surface area contributed by atoms with E-state index in [1.54, 1.807) is 14.2 Å². The van der Waals surface area contributed by atoms with Gasteiger partial charge in [0.1, 0.15) is 11.6 Å². The number of likely N-dealkylation sites (tertiary alicyclic amines) is 1. The first-order valence-corrected chi connectivity index (χ1v) is 10.1. The number of hydrogen-bond donors (Lipinski definition) is 1. The van der Waals surface area contributed by atoms with Crippen molar-refractivity contribution in [3.63, 3.8) is 0 Å². The van der Waals surface area contributed by atoms with E-state index in [4.69, 9.17) is 24.2 Å². The average molecular weight is 386 g/mol. The zero-order valence-electron chi connectivity index (χ0n) is 17.0. The van der Waals surface area contributed by atoms with Crippen molar-refractivity contribution in [3.8, 4) is 11.5 Å². The second-order valence-electron chi connectivity index (χ2n) is 7.76. The van der Waals surface area contributed by atoms with E-state index < -0.39 is 0 Å². The van der Waals surface area contributed by atoms with Gasteiger partial charge in [0.15, 0.2) is 11.5 Å². The topological polar surface area (TPSA) is 68.7 Å². The monoisotopic (exact) mass is 386 g/mol. The Kier molecular flexibility index (Phi) is 5.82. The van der Waals surface area contributed by atoms with E-state index in [1.807, 2.05) is 12.1 Å². The fraction of sp³-hybridized carbons (Fsp3) is 0.619. The summed E-state index contributed by atoms with van der Waals surface area (Å²) < 4.78 is 16.5. The van der Waals surface area contributed by atoms with Gasteiger partial charge in [-0.3, -0.25) is 0 Å². The highest BCUT2D eigenvalue weighted by Gasteiger charge is 2.23. The molecule has 2 fully saturated rings. The SMILES string of the molecule is COc1cc2nc(C3CCOCC3)nc(NC3CCN(C)CC3)c2cc1OC. The number of anilines is 1. The molecule has 2 aromatic rings. The largest absolute Gasteiger partial charge is 0.493 e. The number of fused-ring (bicyclic) bond motifs is 1. The Labute approximate surface area is 166 Å². The number of ether oxygens (including phenoxy) is 3. The summed E-state index contributed by atoms with van der Waals surface area (Å²) in [5, 5.41) is 4.69. The number of benzene rings is 1. The summed E-state index contributed by atoms with van der Waals surface area (Å²) in [6.07, 6.45) is 4.16. The van der Waals surface area contributed by atoms with Crippen LogP contribution in [0.1, 0.15) is 37.4 Å². The summed E-state index contributed by atoms with van der Waals surface area (Å²) in [5.74, 6) is 3.53. The van der Waals surface area contributed by atoms with Gasteiger partial charge in [-0.25, -0.2) is 9.97 Å². The Morgan fingerprint density at radius 1 is 1.00 bits per heavy atom. The highest BCUT2D eigenvalue weighted by atomic mass is 16.5. The van der Waals surface area contributed by atoms with Crippen molar-refractivity contribution in [2.75, 3.05) is 52.9 Å². The lowest BCUT2D eigenvalue weighted by atomic mass is 9.99. The maximum absolute atomic E-state index is 5.52. The molecule has 0 atom stereocenters. The van der Waals surface area contributed by atoms with E-state index in [1.165, 1.54) is 0 Å². The lowest BCUT2D eigenvalue weighted by Crippen LogP contribution is -2.37. The van der Waals surface area contributed by atoms with Crippen LogP contribution in [0.25, 0.3) is 10.9 Å². The van der Waals surface area contributed by atoms with E-state index in [0.29, 0.717) is 23.5 Å². The Morgan fingerprint density at radius 3 is 2.36 bits per heavy atom. The van der Waals surface area contributed by atoms with E-state index in [-0.39, 0.29) is 0 Å². The molecule has 2 aliphatic heterocycles. The van der Waals surface area contributed by atoms with Crippen LogP contribution in [0, 0.1) is 0 Å². The minimum atomic E-state index is 0.337. The minimum absolute atomic E-state index is 0.337. The molecule has 152 valence electrons. The third-order valence-corrected chi connectivity index (χ3v) is 5.86. The zero-order chi connectivity index (χ0) is 19.5. The molecule has 28 heavy (non-hydrogen) atoms. The molecule has 1 N–H and O–H groups in total. The summed E-state index contributed by atoms with van der Waals surface area (Å²) in [7, 11) is 5.49. The van der Waals surface area contributed by atoms with Gasteiger partial charge in [-0.2, -0.15) is 0 Å². The Bertz CT molecular complexity index is 815. The number of nitrogens with one attached hydrogen (secondary N) is 1. The van der Waals surface area contributed by atoms with Crippen LogP contribution in [0.2, 0.25) is 0 Å². The molecule has 1 aromatic carbocycles. The van der Waals surface area contributed by atoms with Crippen molar-refractivity contribution in [1.29, 1.82) is 0 Å². The standard InChI is InChI=1S/C21H30N4O3/c1-25-8-4-15(5-9-25)22-21-16-12-18(26-2)19(27-3)13-17(16)23-20(24-21)14-6-10-28-11-7-14/h12-15H,4-11H2,1-3H3,(H,22,23,24). The number of piperidine rings is 1. The molecule has 0 unspecified atom stereocenters. The van der Waals surface area contributed by atoms with E-state index in [9.17, 15) is 0 Å². The molecule has 2 aliphatic rings. The van der Waals surface area contributed by atoms with Crippen LogP contribution >= 0.6 is 0 Å². The van der Waals surface area contributed by atoms with Gasteiger partial charge in [0.25, 0.3) is 0 Å². The molecule has 0 amide bonds. The Hall–Kier alpha value is -2.12. The zero-order valence-corrected chi connectivity index (χ0v) is 17.0. The predicted octanol–water partition coefficient (Wildman–Crippen LogP) is 3.05. The van der Waals surface area contributed by atoms with Crippen LogP contribution < -0.4 is 14.8 Å². The van der Waals surface area contributed by atoms with Crippen LogP contribution in [0.4, 0.5) is 5.82 Å². The van der Waals surface area contributed by atoms with Gasteiger partial charge < -0.3 is 24.4 Å². The summed E-state index contributed by atoms with van der Waals surface area (Å²) in [6, 6.07) is 4.36. The molecule has 7 heteroatoms. The molecule has 7 nitrogen and oxygen atoms in total. The van der Waals surface area contributed by atoms with Gasteiger partial charge >= 0.3 is 0 Å². The second-order valence-corrected chi connectivity index (χ2v) is 7.76. The maximum Gasteiger partial charge on any atom is 0.162 e. The molecular weight excluding hydrogens is 356 g/mol. The minimum Gasteiger partial charge on any atom is -0.493 e. The average Bonchev–Trinajstić information content (AvgIpc) is 2.74. The summed E-state index contributed by atoms with van der Waals surface area (Å²) in [5.41, 5.74) is 0.893. The van der Waals surface area contributed by atoms with E-state index >= 15 is 0 Å². The lowest BCUT2D eigenvalue weighted by Gasteiger charge is -2.30. The van der Waals surface area contributed by atoms with Gasteiger partial charge in [0.2, 0.25) is 0 Å². The molecular formula is C21H30N4O3. The van der Waals surface area contributed by atoms with Crippen LogP contribution in [0.15, 0.2) is 12.1 Å². The highest BCUT2D eigenvalue weighted by Crippen LogP contribution is 2.36. The van der Waals surface area contributed by atoms with Gasteiger partial charge in [-0.05, 0) is 51.9 Å². The van der Waals surface area contributed by atoms with Crippen molar-refractivity contribution >= 4 is 16.7 Å². The van der Waals surface area contributed by atoms with Crippen LogP contribution in [-0.2, 0) is 4.74 Å². The van der Waals surface area contributed by atoms with Crippen molar-refractivity contribution in [2.45, 2.75) is 37.6 Å². The van der Waals surface area contributed by atoms with Crippen molar-refractivity contribution < 1.29 is 14.2 Å². The molecule has 3 heterocycles. The van der Waals surface area contributed by atoms with Gasteiger partial charge in [0, 0.05) is 36.6 Å². The van der Waals surface area contributed by atoms with Crippen LogP contribution in [0.3, 0.4) is 0 Å². The highest BCUT2D eigenvalue weighted by molar-refractivity contribution is 5.92. The van der Waals surface area contributed by atoms with Gasteiger partial charge in [0.05, 0.1) is 19.7 Å². The Balaban J connectivity index is 1.74. The van der Waals surface area contributed by atoms with Gasteiger partial charge in [-0.1, -0.05) is 0 Å². The van der Waals surface area contributed by atoms with Gasteiger partial charge in [-0.15, -0.1) is 0 Å². The fourth-order valence-electron chi connectivity index (χ4n) is 4.07. The second kappa shape index (κ2) is 8.49. The fourth-order valence-corrected chi connectivity index (χ4v) is 4.07. The Morgan fingerprint density at radius 2 is 1.68 bits per heavy atom. The smallest absolute Gasteiger partial charge is 0.162 e. The quantitative estimate of drug-likeness (QED) is 0.847. The van der Waals surface area contributed by atoms with Crippen LogP contribution in [0.5, 0.6) is 11.5 Å². The van der Waals surface area contributed by atoms with E-state index in [2.05, 4.69) is 17.3 Å². The first kappa shape index (κ1) is 19.2. The molecule has 2 saturated heterocycles. The number of nitrogens with zero attached hydrogens (tertiary/aromatic N) is 3. The third kappa shape index (κ3) is 4.00. The molecule has 1 aromatic heterocycles. The number of hydrogen-bond acceptors (Lipinski definition) is 7. The first-order chi connectivity index (χ1) is 13.7. The molecule has 0 spiro atoms. The molecule has 4 rings (SSSR count). The molecule has 0 saturated carbocycles. The number of rotatable bonds is 5.